The molecule has 232 valence electrons. The minimum atomic E-state index is 0.715. The predicted molar refractivity (Wildman–Crippen MR) is 213 cm³/mol. The summed E-state index contributed by atoms with van der Waals surface area (Å²) in [5.74, 6) is 0.715. The van der Waals surface area contributed by atoms with Crippen molar-refractivity contribution in [3.05, 3.63) is 164 Å². The van der Waals surface area contributed by atoms with Crippen molar-refractivity contribution >= 4 is 85.8 Å². The van der Waals surface area contributed by atoms with E-state index in [0.29, 0.717) is 5.82 Å². The lowest BCUT2D eigenvalue weighted by Gasteiger charge is -2.13. The Kier molecular flexibility index (Phi) is 5.83. The number of nitrogens with zero attached hydrogens (tertiary/aromatic N) is 3. The fourth-order valence-electron chi connectivity index (χ4n) is 8.00. The summed E-state index contributed by atoms with van der Waals surface area (Å²) in [5, 5.41) is 11.3. The van der Waals surface area contributed by atoms with Crippen molar-refractivity contribution in [1.29, 1.82) is 0 Å². The number of aromatic nitrogens is 3. The van der Waals surface area contributed by atoms with Crippen LogP contribution in [0.25, 0.3) is 103 Å². The fraction of sp³-hybridized carbons (Fsp3) is 0. The Bertz CT molecular complexity index is 3150. The van der Waals surface area contributed by atoms with E-state index < -0.39 is 0 Å². The van der Waals surface area contributed by atoms with Crippen molar-refractivity contribution in [3.63, 3.8) is 0 Å². The highest BCUT2D eigenvalue weighted by Crippen LogP contribution is 2.49. The third-order valence-corrected chi connectivity index (χ3v) is 11.3. The van der Waals surface area contributed by atoms with Crippen LogP contribution in [0, 0.1) is 0 Å². The highest BCUT2D eigenvalue weighted by atomic mass is 32.1. The van der Waals surface area contributed by atoms with Gasteiger partial charge in [-0.15, -0.1) is 11.3 Å². The molecule has 0 aliphatic carbocycles. The van der Waals surface area contributed by atoms with Gasteiger partial charge in [-0.3, -0.25) is 0 Å². The molecule has 0 fully saturated rings. The Balaban J connectivity index is 1.28. The number of hydrogen-bond donors (Lipinski definition) is 0. The summed E-state index contributed by atoms with van der Waals surface area (Å²) in [6, 6.07) is 58.7. The van der Waals surface area contributed by atoms with Gasteiger partial charge in [0, 0.05) is 53.8 Å². The lowest BCUT2D eigenvalue weighted by molar-refractivity contribution is 1.18. The van der Waals surface area contributed by atoms with Crippen LogP contribution in [0.5, 0.6) is 0 Å². The molecule has 3 heterocycles. The van der Waals surface area contributed by atoms with Crippen LogP contribution in [-0.2, 0) is 0 Å². The molecule has 0 aliphatic rings. The summed E-state index contributed by atoms with van der Waals surface area (Å²) in [4.78, 5) is 10.4. The summed E-state index contributed by atoms with van der Waals surface area (Å²) in [5.41, 5.74) is 7.49. The molecule has 0 aliphatic heterocycles. The molecular formula is C46H27N3S. The zero-order valence-electron chi connectivity index (χ0n) is 26.8. The van der Waals surface area contributed by atoms with Crippen molar-refractivity contribution < 1.29 is 0 Å². The van der Waals surface area contributed by atoms with Crippen molar-refractivity contribution in [2.75, 3.05) is 0 Å². The Morgan fingerprint density at radius 3 is 1.98 bits per heavy atom. The average molecular weight is 654 g/mol. The van der Waals surface area contributed by atoms with Gasteiger partial charge in [0.25, 0.3) is 0 Å². The quantitative estimate of drug-likeness (QED) is 0.190. The second kappa shape index (κ2) is 10.6. The Morgan fingerprint density at radius 2 is 1.12 bits per heavy atom. The first-order chi connectivity index (χ1) is 24.8. The minimum absolute atomic E-state index is 0.715. The van der Waals surface area contributed by atoms with Crippen LogP contribution in [0.3, 0.4) is 0 Å². The van der Waals surface area contributed by atoms with E-state index in [-0.39, 0.29) is 0 Å². The van der Waals surface area contributed by atoms with Gasteiger partial charge in [-0.1, -0.05) is 140 Å². The van der Waals surface area contributed by atoms with Crippen LogP contribution in [0.15, 0.2) is 164 Å². The van der Waals surface area contributed by atoms with E-state index in [0.717, 1.165) is 33.4 Å². The average Bonchev–Trinajstić information content (AvgIpc) is 3.75. The second-order valence-corrected chi connectivity index (χ2v) is 14.0. The third kappa shape index (κ3) is 3.91. The molecule has 0 saturated heterocycles. The molecule has 11 rings (SSSR count). The molecule has 0 bridgehead atoms. The highest BCUT2D eigenvalue weighted by Gasteiger charge is 2.23. The molecule has 11 aromatic rings. The van der Waals surface area contributed by atoms with Gasteiger partial charge in [0.15, 0.2) is 5.82 Å². The topological polar surface area (TPSA) is 30.7 Å². The predicted octanol–water partition coefficient (Wildman–Crippen LogP) is 12.7. The lowest BCUT2D eigenvalue weighted by Crippen LogP contribution is -1.98. The van der Waals surface area contributed by atoms with E-state index in [1.165, 1.54) is 63.5 Å². The van der Waals surface area contributed by atoms with Crippen molar-refractivity contribution in [1.82, 2.24) is 14.5 Å². The maximum absolute atomic E-state index is 5.24. The number of para-hydroxylation sites is 1. The molecule has 0 radical (unpaired) electrons. The molecule has 50 heavy (non-hydrogen) atoms. The van der Waals surface area contributed by atoms with Gasteiger partial charge in [-0.2, -0.15) is 0 Å². The van der Waals surface area contributed by atoms with Gasteiger partial charge in [-0.05, 0) is 40.4 Å². The first-order valence-corrected chi connectivity index (χ1v) is 17.7. The largest absolute Gasteiger partial charge is 0.307 e. The molecule has 0 spiro atoms. The summed E-state index contributed by atoms with van der Waals surface area (Å²) in [6.45, 7) is 0. The molecule has 3 nitrogen and oxygen atoms in total. The smallest absolute Gasteiger partial charge is 0.160 e. The summed E-state index contributed by atoms with van der Waals surface area (Å²) in [7, 11) is 0. The van der Waals surface area contributed by atoms with Gasteiger partial charge in [-0.25, -0.2) is 9.97 Å². The third-order valence-electron chi connectivity index (χ3n) is 10.1. The first-order valence-electron chi connectivity index (χ1n) is 16.9. The lowest BCUT2D eigenvalue weighted by atomic mass is 9.98. The van der Waals surface area contributed by atoms with E-state index in [1.54, 1.807) is 0 Å². The van der Waals surface area contributed by atoms with Gasteiger partial charge in [0.05, 0.1) is 26.9 Å². The molecule has 0 amide bonds. The highest BCUT2D eigenvalue weighted by molar-refractivity contribution is 7.27. The van der Waals surface area contributed by atoms with E-state index >= 15 is 0 Å². The van der Waals surface area contributed by atoms with E-state index in [2.05, 4.69) is 156 Å². The number of hydrogen-bond acceptors (Lipinski definition) is 3. The first kappa shape index (κ1) is 27.6. The molecule has 0 atom stereocenters. The van der Waals surface area contributed by atoms with E-state index in [9.17, 15) is 0 Å². The molecule has 0 saturated carbocycles. The molecule has 3 aromatic heterocycles. The molecule has 4 heteroatoms. The minimum Gasteiger partial charge on any atom is -0.307 e. The van der Waals surface area contributed by atoms with Gasteiger partial charge in [0.2, 0.25) is 0 Å². The Hall–Kier alpha value is -6.36. The zero-order chi connectivity index (χ0) is 32.8. The summed E-state index contributed by atoms with van der Waals surface area (Å²) < 4.78 is 5.12. The molecule has 0 unspecified atom stereocenters. The van der Waals surface area contributed by atoms with Crippen LogP contribution in [0.1, 0.15) is 0 Å². The van der Waals surface area contributed by atoms with Gasteiger partial charge in [0.1, 0.15) is 0 Å². The van der Waals surface area contributed by atoms with Crippen molar-refractivity contribution in [2.24, 2.45) is 0 Å². The monoisotopic (exact) mass is 653 g/mol. The Morgan fingerprint density at radius 1 is 0.440 bits per heavy atom. The maximum Gasteiger partial charge on any atom is 0.160 e. The Labute approximate surface area is 291 Å². The number of benzene rings is 8. The van der Waals surface area contributed by atoms with Crippen molar-refractivity contribution in [3.8, 4) is 28.3 Å². The summed E-state index contributed by atoms with van der Waals surface area (Å²) in [6.07, 6.45) is 0. The van der Waals surface area contributed by atoms with Crippen LogP contribution in [-0.4, -0.2) is 14.5 Å². The van der Waals surface area contributed by atoms with Crippen LogP contribution in [0.2, 0.25) is 0 Å². The molecular weight excluding hydrogens is 627 g/mol. The van der Waals surface area contributed by atoms with Crippen LogP contribution in [0.4, 0.5) is 0 Å². The molecule has 0 N–H and O–H groups in total. The van der Waals surface area contributed by atoms with Gasteiger partial charge >= 0.3 is 0 Å². The van der Waals surface area contributed by atoms with Gasteiger partial charge < -0.3 is 4.57 Å². The zero-order valence-corrected chi connectivity index (χ0v) is 27.7. The number of fused-ring (bicyclic) bond motifs is 13. The van der Waals surface area contributed by atoms with Crippen LogP contribution >= 0.6 is 11.3 Å². The molecule has 8 aromatic carbocycles. The standard InChI is InChI=1S/C46H27N3S/c1-2-14-29(15-3-1)42-35-21-8-10-23-38(35)47-46(48-42)30-16-12-17-31(27-30)49-43-32-18-5-4-13-28(32)25-26-37(43)40-33-19-6-7-20-34(33)41-36-22-9-11-24-39(36)50-45(41)44(40)49/h1-27H. The normalized spacial score (nSPS) is 12.0. The van der Waals surface area contributed by atoms with Crippen LogP contribution < -0.4 is 0 Å². The van der Waals surface area contributed by atoms with E-state index in [1.807, 2.05) is 23.5 Å². The maximum atomic E-state index is 5.24. The summed E-state index contributed by atoms with van der Waals surface area (Å²) >= 11 is 1.89. The van der Waals surface area contributed by atoms with Crippen molar-refractivity contribution in [2.45, 2.75) is 0 Å². The fourth-order valence-corrected chi connectivity index (χ4v) is 9.26. The number of thiophene rings is 1. The second-order valence-electron chi connectivity index (χ2n) is 12.9. The SMILES string of the molecule is c1ccc(-c2nc(-c3cccc(-n4c5c6ccccc6ccc5c5c6ccccc6c6c7ccccc7sc6c54)c3)nc3ccccc23)cc1. The number of rotatable bonds is 3. The van der Waals surface area contributed by atoms with E-state index in [4.69, 9.17) is 9.97 Å².